The van der Waals surface area contributed by atoms with Crippen molar-refractivity contribution in [2.24, 2.45) is 0 Å². The minimum Gasteiger partial charge on any atom is -0.497 e. The predicted molar refractivity (Wildman–Crippen MR) is 133 cm³/mol. The molecule has 0 radical (unpaired) electrons. The highest BCUT2D eigenvalue weighted by molar-refractivity contribution is 5.90. The van der Waals surface area contributed by atoms with Gasteiger partial charge < -0.3 is 23.8 Å². The molecule has 0 bridgehead atoms. The van der Waals surface area contributed by atoms with Crippen molar-refractivity contribution in [1.82, 2.24) is 4.90 Å². The monoisotopic (exact) mass is 482 g/mol. The molecule has 0 fully saturated rings. The predicted octanol–water partition coefficient (Wildman–Crippen LogP) is 4.61. The molecule has 8 heteroatoms. The Labute approximate surface area is 206 Å². The first-order valence-corrected chi connectivity index (χ1v) is 12.1. The zero-order chi connectivity index (χ0) is 25.0. The third-order valence-corrected chi connectivity index (χ3v) is 6.07. The van der Waals surface area contributed by atoms with E-state index < -0.39 is 5.60 Å². The summed E-state index contributed by atoms with van der Waals surface area (Å²) in [6, 6.07) is 11.7. The van der Waals surface area contributed by atoms with Crippen LogP contribution in [-0.2, 0) is 28.7 Å². The van der Waals surface area contributed by atoms with E-state index in [4.69, 9.17) is 18.9 Å². The first kappa shape index (κ1) is 24.7. The van der Waals surface area contributed by atoms with Crippen LogP contribution in [0.3, 0.4) is 0 Å². The molecule has 0 spiro atoms. The van der Waals surface area contributed by atoms with Crippen molar-refractivity contribution >= 4 is 17.9 Å². The lowest BCUT2D eigenvalue weighted by atomic mass is 10.0. The Hall–Kier alpha value is -3.42. The van der Waals surface area contributed by atoms with Crippen molar-refractivity contribution < 1.29 is 28.5 Å². The van der Waals surface area contributed by atoms with Gasteiger partial charge in [0, 0.05) is 19.5 Å². The number of benzene rings is 2. The third kappa shape index (κ3) is 6.18. The maximum Gasteiger partial charge on any atom is 0.414 e. The highest BCUT2D eigenvalue weighted by atomic mass is 16.6. The molecule has 8 nitrogen and oxygen atoms in total. The zero-order valence-electron chi connectivity index (χ0n) is 21.0. The summed E-state index contributed by atoms with van der Waals surface area (Å²) in [6.07, 6.45) is 1.30. The molecular weight excluding hydrogens is 448 g/mol. The third-order valence-electron chi connectivity index (χ3n) is 6.07. The zero-order valence-corrected chi connectivity index (χ0v) is 21.0. The van der Waals surface area contributed by atoms with Crippen LogP contribution in [0.4, 0.5) is 15.3 Å². The van der Waals surface area contributed by atoms with Gasteiger partial charge in [-0.25, -0.2) is 9.59 Å². The molecule has 2 aliphatic heterocycles. The molecule has 0 aliphatic carbocycles. The van der Waals surface area contributed by atoms with E-state index >= 15 is 0 Å². The summed E-state index contributed by atoms with van der Waals surface area (Å²) in [7, 11) is 1.63. The molecular formula is C27H34N2O6. The van der Waals surface area contributed by atoms with Crippen LogP contribution in [0.2, 0.25) is 0 Å². The van der Waals surface area contributed by atoms with Gasteiger partial charge in [-0.05, 0) is 74.6 Å². The largest absolute Gasteiger partial charge is 0.497 e. The highest BCUT2D eigenvalue weighted by Crippen LogP contribution is 2.36. The van der Waals surface area contributed by atoms with Crippen molar-refractivity contribution in [2.75, 3.05) is 44.9 Å². The first-order chi connectivity index (χ1) is 16.7. The van der Waals surface area contributed by atoms with E-state index in [1.54, 1.807) is 16.9 Å². The number of amides is 2. The number of nitrogens with zero attached hydrogens (tertiary/aromatic N) is 2. The van der Waals surface area contributed by atoms with Gasteiger partial charge in [-0.1, -0.05) is 12.1 Å². The SMILES string of the molecule is COc1cccc(CCOC(=O)N2CCOc3cc4c(cc32)CCN(C(=O)OC(C)(C)C)CC4)c1. The minimum absolute atomic E-state index is 0.272. The van der Waals surface area contributed by atoms with Crippen LogP contribution < -0.4 is 14.4 Å². The van der Waals surface area contributed by atoms with Crippen LogP contribution >= 0.6 is 0 Å². The molecule has 2 amide bonds. The second kappa shape index (κ2) is 10.5. The van der Waals surface area contributed by atoms with Gasteiger partial charge in [0.25, 0.3) is 0 Å². The van der Waals surface area contributed by atoms with E-state index in [0.717, 1.165) is 22.4 Å². The summed E-state index contributed by atoms with van der Waals surface area (Å²) >= 11 is 0. The second-order valence-corrected chi connectivity index (χ2v) is 9.77. The van der Waals surface area contributed by atoms with Crippen LogP contribution in [0, 0.1) is 0 Å². The van der Waals surface area contributed by atoms with E-state index in [-0.39, 0.29) is 18.8 Å². The second-order valence-electron chi connectivity index (χ2n) is 9.77. The van der Waals surface area contributed by atoms with Gasteiger partial charge in [0.2, 0.25) is 0 Å². The fourth-order valence-corrected chi connectivity index (χ4v) is 4.30. The molecule has 2 aromatic rings. The topological polar surface area (TPSA) is 77.5 Å². The average Bonchev–Trinajstić information content (AvgIpc) is 3.03. The quantitative estimate of drug-likeness (QED) is 0.634. The van der Waals surface area contributed by atoms with Gasteiger partial charge in [0.05, 0.1) is 25.9 Å². The molecule has 2 aliphatic rings. The maximum absolute atomic E-state index is 12.9. The molecule has 4 rings (SSSR count). The standard InChI is InChI=1S/C27H34N2O6/c1-27(2,3)35-25(30)28-11-8-20-17-23-24(18-21(20)9-12-28)33-15-13-29(23)26(31)34-14-10-19-6-5-7-22(16-19)32-4/h5-7,16-18H,8-15H2,1-4H3. The number of methoxy groups -OCH3 is 1. The number of fused-ring (bicyclic) bond motifs is 2. The molecule has 35 heavy (non-hydrogen) atoms. The molecule has 2 heterocycles. The summed E-state index contributed by atoms with van der Waals surface area (Å²) in [5, 5.41) is 0. The van der Waals surface area contributed by atoms with Crippen molar-refractivity contribution in [3.63, 3.8) is 0 Å². The van der Waals surface area contributed by atoms with Crippen LogP contribution in [0.15, 0.2) is 36.4 Å². The lowest BCUT2D eigenvalue weighted by Crippen LogP contribution is -2.38. The fourth-order valence-electron chi connectivity index (χ4n) is 4.30. The van der Waals surface area contributed by atoms with Gasteiger partial charge >= 0.3 is 12.2 Å². The maximum atomic E-state index is 12.9. The van der Waals surface area contributed by atoms with E-state index in [2.05, 4.69) is 0 Å². The molecule has 0 saturated heterocycles. The summed E-state index contributed by atoms with van der Waals surface area (Å²) < 4.78 is 22.3. The molecule has 0 aromatic heterocycles. The number of rotatable bonds is 4. The van der Waals surface area contributed by atoms with Crippen LogP contribution in [0.25, 0.3) is 0 Å². The van der Waals surface area contributed by atoms with Gasteiger partial charge in [0.1, 0.15) is 23.7 Å². The van der Waals surface area contributed by atoms with Gasteiger partial charge in [-0.15, -0.1) is 0 Å². The van der Waals surface area contributed by atoms with Crippen LogP contribution in [-0.4, -0.2) is 62.6 Å². The Morgan fingerprint density at radius 1 is 1.00 bits per heavy atom. The Morgan fingerprint density at radius 3 is 2.46 bits per heavy atom. The molecule has 0 N–H and O–H groups in total. The van der Waals surface area contributed by atoms with E-state index in [1.807, 2.05) is 57.2 Å². The molecule has 188 valence electrons. The summed E-state index contributed by atoms with van der Waals surface area (Å²) in [5.41, 5.74) is 3.46. The molecule has 0 unspecified atom stereocenters. The number of ether oxygens (including phenoxy) is 4. The Balaban J connectivity index is 1.41. The molecule has 0 saturated carbocycles. The lowest BCUT2D eigenvalue weighted by Gasteiger charge is -2.30. The first-order valence-electron chi connectivity index (χ1n) is 12.1. The Morgan fingerprint density at radius 2 is 1.74 bits per heavy atom. The number of hydrogen-bond donors (Lipinski definition) is 0. The number of anilines is 1. The van der Waals surface area contributed by atoms with Crippen molar-refractivity contribution in [3.8, 4) is 11.5 Å². The van der Waals surface area contributed by atoms with Crippen molar-refractivity contribution in [3.05, 3.63) is 53.1 Å². The van der Waals surface area contributed by atoms with Gasteiger partial charge in [-0.3, -0.25) is 4.90 Å². The average molecular weight is 483 g/mol. The molecule has 0 atom stereocenters. The van der Waals surface area contributed by atoms with Crippen LogP contribution in [0.1, 0.15) is 37.5 Å². The van der Waals surface area contributed by atoms with Crippen LogP contribution in [0.5, 0.6) is 11.5 Å². The minimum atomic E-state index is -0.531. The number of carbonyl (C=O) groups is 2. The Bertz CT molecular complexity index is 1080. The normalized spacial score (nSPS) is 15.3. The smallest absolute Gasteiger partial charge is 0.414 e. The number of hydrogen-bond acceptors (Lipinski definition) is 6. The summed E-state index contributed by atoms with van der Waals surface area (Å²) in [6.45, 7) is 7.85. The Kier molecular flexibility index (Phi) is 7.38. The van der Waals surface area contributed by atoms with Crippen molar-refractivity contribution in [2.45, 2.75) is 45.6 Å². The summed E-state index contributed by atoms with van der Waals surface area (Å²) in [5.74, 6) is 1.45. The molecule has 2 aromatic carbocycles. The fraction of sp³-hybridized carbons (Fsp3) is 0.481. The summed E-state index contributed by atoms with van der Waals surface area (Å²) in [4.78, 5) is 28.9. The number of carbonyl (C=O) groups excluding carboxylic acids is 2. The van der Waals surface area contributed by atoms with Crippen molar-refractivity contribution in [1.29, 1.82) is 0 Å². The van der Waals surface area contributed by atoms with Gasteiger partial charge in [-0.2, -0.15) is 0 Å². The highest BCUT2D eigenvalue weighted by Gasteiger charge is 2.29. The van der Waals surface area contributed by atoms with E-state index in [9.17, 15) is 9.59 Å². The van der Waals surface area contributed by atoms with Gasteiger partial charge in [0.15, 0.2) is 0 Å². The van der Waals surface area contributed by atoms with E-state index in [0.29, 0.717) is 56.9 Å². The van der Waals surface area contributed by atoms with E-state index in [1.165, 1.54) is 0 Å². The lowest BCUT2D eigenvalue weighted by molar-refractivity contribution is 0.0258.